The highest BCUT2D eigenvalue weighted by Crippen LogP contribution is 2.27. The Balaban J connectivity index is 1.70. The zero-order valence-corrected chi connectivity index (χ0v) is 18.7. The Morgan fingerprint density at radius 2 is 1.67 bits per heavy atom. The fraction of sp³-hybridized carbons (Fsp3) is 0.192. The fourth-order valence-electron chi connectivity index (χ4n) is 3.79. The van der Waals surface area contributed by atoms with Crippen molar-refractivity contribution in [2.45, 2.75) is 19.0 Å². The third-order valence-corrected chi connectivity index (χ3v) is 5.58. The lowest BCUT2D eigenvalue weighted by Crippen LogP contribution is -2.42. The van der Waals surface area contributed by atoms with Gasteiger partial charge in [-0.1, -0.05) is 23.8 Å². The largest absolute Gasteiger partial charge is 0.497 e. The molecular weight excluding hydrogens is 418 g/mol. The number of aryl methyl sites for hydroxylation is 1. The smallest absolute Gasteiger partial charge is 0.304 e. The van der Waals surface area contributed by atoms with E-state index in [-0.39, 0.29) is 11.8 Å². The highest BCUT2D eigenvalue weighted by molar-refractivity contribution is 5.98. The summed E-state index contributed by atoms with van der Waals surface area (Å²) in [5, 5.41) is 2.91. The Hall–Kier alpha value is -4.13. The van der Waals surface area contributed by atoms with E-state index in [4.69, 9.17) is 9.47 Å². The van der Waals surface area contributed by atoms with E-state index in [9.17, 15) is 9.59 Å². The Labute approximate surface area is 192 Å². The van der Waals surface area contributed by atoms with Crippen LogP contribution in [0.5, 0.6) is 11.5 Å². The van der Waals surface area contributed by atoms with E-state index in [0.717, 1.165) is 16.7 Å². The van der Waals surface area contributed by atoms with Crippen LogP contribution in [-0.4, -0.2) is 43.0 Å². The number of benzene rings is 3. The van der Waals surface area contributed by atoms with E-state index in [1.165, 1.54) is 0 Å². The summed E-state index contributed by atoms with van der Waals surface area (Å²) in [5.74, 6) is 0.811. The van der Waals surface area contributed by atoms with Crippen molar-refractivity contribution in [1.29, 1.82) is 0 Å². The maximum absolute atomic E-state index is 13.0. The van der Waals surface area contributed by atoms with Crippen LogP contribution in [0.15, 0.2) is 72.8 Å². The normalized spacial score (nSPS) is 18.6. The zero-order valence-electron chi connectivity index (χ0n) is 18.7. The van der Waals surface area contributed by atoms with Crippen molar-refractivity contribution >= 4 is 18.0 Å². The lowest BCUT2D eigenvalue weighted by Gasteiger charge is -2.15. The molecule has 0 aliphatic carbocycles. The lowest BCUT2D eigenvalue weighted by atomic mass is 9.99. The van der Waals surface area contributed by atoms with Crippen LogP contribution in [0.25, 0.3) is 0 Å². The van der Waals surface area contributed by atoms with Gasteiger partial charge in [0.1, 0.15) is 11.5 Å². The molecule has 1 aliphatic rings. The topological polar surface area (TPSA) is 79.7 Å². The minimum absolute atomic E-state index is 0.296. The summed E-state index contributed by atoms with van der Waals surface area (Å²) in [6.07, 6.45) is 1.83. The summed E-state index contributed by atoms with van der Waals surface area (Å²) in [6, 6.07) is 20.9. The fourth-order valence-corrected chi connectivity index (χ4v) is 3.79. The van der Waals surface area contributed by atoms with E-state index in [0.29, 0.717) is 17.1 Å². The molecule has 3 aromatic carbocycles. The number of nitrogens with one attached hydrogen (secondary N) is 2. The van der Waals surface area contributed by atoms with Gasteiger partial charge in [0.25, 0.3) is 5.91 Å². The number of rotatable bonds is 6. The van der Waals surface area contributed by atoms with Gasteiger partial charge in [-0.25, -0.2) is 0 Å². The molecule has 0 spiro atoms. The number of ether oxygens (including phenoxy) is 2. The number of hydrazine groups is 1. The number of carbonyl (C=O) groups is 2. The number of methoxy groups -OCH3 is 2. The van der Waals surface area contributed by atoms with Crippen molar-refractivity contribution in [3.8, 4) is 11.5 Å². The van der Waals surface area contributed by atoms with E-state index in [2.05, 4.69) is 10.7 Å². The molecule has 4 rings (SSSR count). The van der Waals surface area contributed by atoms with Gasteiger partial charge in [-0.05, 0) is 61.5 Å². The van der Waals surface area contributed by atoms with Gasteiger partial charge < -0.3 is 14.8 Å². The molecule has 33 heavy (non-hydrogen) atoms. The molecular formula is C26H26N3O4+. The summed E-state index contributed by atoms with van der Waals surface area (Å²) in [5.41, 5.74) is 6.13. The Morgan fingerprint density at radius 3 is 2.33 bits per heavy atom. The highest BCUT2D eigenvalue weighted by atomic mass is 16.5. The zero-order chi connectivity index (χ0) is 23.4. The average molecular weight is 445 g/mol. The predicted octanol–water partition coefficient (Wildman–Crippen LogP) is 3.03. The second-order valence-corrected chi connectivity index (χ2v) is 7.82. The van der Waals surface area contributed by atoms with Crippen molar-refractivity contribution in [2.75, 3.05) is 14.2 Å². The van der Waals surface area contributed by atoms with Gasteiger partial charge in [0.2, 0.25) is 12.3 Å². The molecule has 0 saturated carbocycles. The molecule has 1 saturated heterocycles. The molecule has 1 heterocycles. The van der Waals surface area contributed by atoms with Gasteiger partial charge in [0.15, 0.2) is 6.04 Å². The van der Waals surface area contributed by atoms with Crippen LogP contribution in [0.4, 0.5) is 0 Å². The van der Waals surface area contributed by atoms with Gasteiger partial charge >= 0.3 is 5.91 Å². The molecule has 168 valence electrons. The van der Waals surface area contributed by atoms with Crippen molar-refractivity contribution in [2.24, 2.45) is 0 Å². The average Bonchev–Trinajstić information content (AvgIpc) is 3.13. The molecule has 7 nitrogen and oxygen atoms in total. The van der Waals surface area contributed by atoms with E-state index < -0.39 is 12.1 Å². The Morgan fingerprint density at radius 1 is 0.970 bits per heavy atom. The van der Waals surface area contributed by atoms with E-state index in [1.54, 1.807) is 31.0 Å². The number of carbonyl (C=O) groups excluding carboxylic acids is 2. The van der Waals surface area contributed by atoms with E-state index in [1.807, 2.05) is 73.8 Å². The standard InChI is InChI=1S/C26H25N3O4/c1-17-7-9-20(10-8-17)25(30)27-23-24(19-11-13-21(32-2)14-12-19)29(28-26(23)31)16-18-5-4-6-22(15-18)33-3/h4-16,23-24H,1-3H3,(H-,27,28,30,31)/p+1/b29-16-/t23-,24+/m1/s1. The second kappa shape index (κ2) is 9.56. The third kappa shape index (κ3) is 4.87. The third-order valence-electron chi connectivity index (χ3n) is 5.58. The SMILES string of the molecule is COc1ccc([C@H]2[C@@H](NC(=O)c3ccc(C)cc3)C(=O)N/[N+]2=C\c2cccc(OC)c2)cc1. The van der Waals surface area contributed by atoms with Crippen LogP contribution in [0.2, 0.25) is 0 Å². The summed E-state index contributed by atoms with van der Waals surface area (Å²) in [4.78, 5) is 25.9. The molecule has 0 bridgehead atoms. The van der Waals surface area contributed by atoms with Crippen LogP contribution in [0, 0.1) is 6.92 Å². The minimum atomic E-state index is -0.797. The number of hydrazone groups is 1. The van der Waals surface area contributed by atoms with Crippen molar-refractivity contribution in [3.63, 3.8) is 0 Å². The summed E-state index contributed by atoms with van der Waals surface area (Å²) in [7, 11) is 3.21. The molecule has 1 aliphatic heterocycles. The van der Waals surface area contributed by atoms with Crippen molar-refractivity contribution < 1.29 is 23.7 Å². The predicted molar refractivity (Wildman–Crippen MR) is 125 cm³/mol. The van der Waals surface area contributed by atoms with Crippen LogP contribution < -0.4 is 20.2 Å². The Kier molecular flexibility index (Phi) is 6.40. The van der Waals surface area contributed by atoms with Crippen LogP contribution >= 0.6 is 0 Å². The second-order valence-electron chi connectivity index (χ2n) is 7.82. The van der Waals surface area contributed by atoms with Gasteiger partial charge in [-0.2, -0.15) is 0 Å². The first-order valence-electron chi connectivity index (χ1n) is 10.6. The quantitative estimate of drug-likeness (QED) is 0.573. The minimum Gasteiger partial charge on any atom is -0.497 e. The number of hydrogen-bond acceptors (Lipinski definition) is 4. The monoisotopic (exact) mass is 444 g/mol. The molecule has 0 radical (unpaired) electrons. The first-order valence-corrected chi connectivity index (χ1v) is 10.6. The highest BCUT2D eigenvalue weighted by Gasteiger charge is 2.47. The molecule has 2 N–H and O–H groups in total. The van der Waals surface area contributed by atoms with Crippen LogP contribution in [0.3, 0.4) is 0 Å². The first kappa shape index (κ1) is 22.1. The maximum Gasteiger partial charge on any atom is 0.304 e. The van der Waals surface area contributed by atoms with Crippen LogP contribution in [0.1, 0.15) is 33.1 Å². The molecule has 3 aromatic rings. The van der Waals surface area contributed by atoms with Crippen LogP contribution in [-0.2, 0) is 4.79 Å². The summed E-state index contributed by atoms with van der Waals surface area (Å²) < 4.78 is 12.3. The van der Waals surface area contributed by atoms with Gasteiger partial charge in [0.05, 0.1) is 14.2 Å². The van der Waals surface area contributed by atoms with Crippen molar-refractivity contribution in [3.05, 3.63) is 95.1 Å². The number of hydrogen-bond donors (Lipinski definition) is 2. The molecule has 0 unspecified atom stereocenters. The molecule has 2 amide bonds. The molecule has 1 fully saturated rings. The summed E-state index contributed by atoms with van der Waals surface area (Å²) in [6.45, 7) is 1.96. The van der Waals surface area contributed by atoms with Gasteiger partial charge in [0, 0.05) is 16.7 Å². The lowest BCUT2D eigenvalue weighted by molar-refractivity contribution is -0.596. The van der Waals surface area contributed by atoms with E-state index >= 15 is 0 Å². The number of amides is 2. The summed E-state index contributed by atoms with van der Waals surface area (Å²) >= 11 is 0. The van der Waals surface area contributed by atoms with Crippen molar-refractivity contribution in [1.82, 2.24) is 10.7 Å². The molecule has 7 heteroatoms. The molecule has 2 atom stereocenters. The Bertz CT molecular complexity index is 1190. The van der Waals surface area contributed by atoms with Gasteiger partial charge in [-0.15, -0.1) is 10.1 Å². The molecule has 0 aromatic heterocycles. The number of nitrogens with zero attached hydrogens (tertiary/aromatic N) is 1. The maximum atomic E-state index is 13.0. The first-order chi connectivity index (χ1) is 16.0. The van der Waals surface area contributed by atoms with Gasteiger partial charge in [-0.3, -0.25) is 9.59 Å².